The minimum atomic E-state index is -0.322. The molecule has 2 heteroatoms. The smallest absolute Gasteiger partial charge is 0.0787 e. The van der Waals surface area contributed by atoms with Crippen molar-refractivity contribution in [2.24, 2.45) is 5.41 Å². The van der Waals surface area contributed by atoms with Gasteiger partial charge in [0, 0.05) is 18.8 Å². The third kappa shape index (κ3) is 3.73. The molecule has 1 heterocycles. The Balaban J connectivity index is 2.05. The Morgan fingerprint density at radius 1 is 1.16 bits per heavy atom. The fourth-order valence-corrected chi connectivity index (χ4v) is 2.82. The molecular formula is C17H27NO. The van der Waals surface area contributed by atoms with Gasteiger partial charge in [-0.3, -0.25) is 0 Å². The Hall–Kier alpha value is -1.02. The van der Waals surface area contributed by atoms with E-state index >= 15 is 0 Å². The molecule has 2 nitrogen and oxygen atoms in total. The fourth-order valence-electron chi connectivity index (χ4n) is 2.82. The van der Waals surface area contributed by atoms with Crippen LogP contribution in [0.15, 0.2) is 24.3 Å². The van der Waals surface area contributed by atoms with Crippen LogP contribution in [0.3, 0.4) is 0 Å². The number of rotatable bonds is 3. The number of hydrogen-bond acceptors (Lipinski definition) is 2. The summed E-state index contributed by atoms with van der Waals surface area (Å²) >= 11 is 0. The molecule has 1 atom stereocenters. The van der Waals surface area contributed by atoms with E-state index in [4.69, 9.17) is 0 Å². The van der Waals surface area contributed by atoms with Crippen LogP contribution in [-0.2, 0) is 0 Å². The van der Waals surface area contributed by atoms with Gasteiger partial charge in [0.2, 0.25) is 0 Å². The summed E-state index contributed by atoms with van der Waals surface area (Å²) in [6.07, 6.45) is 4.30. The fraction of sp³-hybridized carbons (Fsp3) is 0.647. The van der Waals surface area contributed by atoms with Crippen molar-refractivity contribution in [1.82, 2.24) is 0 Å². The zero-order chi connectivity index (χ0) is 13.9. The van der Waals surface area contributed by atoms with Crippen LogP contribution in [0.5, 0.6) is 0 Å². The second-order valence-electron chi connectivity index (χ2n) is 6.52. The molecule has 0 amide bonds. The summed E-state index contributed by atoms with van der Waals surface area (Å²) in [7, 11) is 0. The summed E-state index contributed by atoms with van der Waals surface area (Å²) in [4.78, 5) is 2.48. The summed E-state index contributed by atoms with van der Waals surface area (Å²) in [6.45, 7) is 9.05. The van der Waals surface area contributed by atoms with Gasteiger partial charge in [-0.2, -0.15) is 0 Å². The van der Waals surface area contributed by atoms with Crippen LogP contribution >= 0.6 is 0 Å². The Labute approximate surface area is 117 Å². The van der Waals surface area contributed by atoms with Gasteiger partial charge in [0.05, 0.1) is 6.10 Å². The average Bonchev–Trinajstić information content (AvgIpc) is 2.59. The van der Waals surface area contributed by atoms with Gasteiger partial charge in [-0.25, -0.2) is 0 Å². The van der Waals surface area contributed by atoms with Crippen LogP contribution in [0.2, 0.25) is 0 Å². The number of hydrogen-bond donors (Lipinski definition) is 1. The molecule has 1 N–H and O–H groups in total. The van der Waals surface area contributed by atoms with Crippen molar-refractivity contribution in [3.8, 4) is 0 Å². The predicted octanol–water partition coefficient (Wildman–Crippen LogP) is 4.15. The van der Waals surface area contributed by atoms with E-state index in [1.165, 1.54) is 24.9 Å². The van der Waals surface area contributed by atoms with E-state index in [-0.39, 0.29) is 6.10 Å². The molecule has 1 aromatic carbocycles. The molecule has 1 aromatic rings. The number of benzene rings is 1. The molecule has 1 aliphatic rings. The maximum Gasteiger partial charge on any atom is 0.0787 e. The van der Waals surface area contributed by atoms with E-state index in [2.05, 4.69) is 43.0 Å². The molecule has 19 heavy (non-hydrogen) atoms. The first-order valence-corrected chi connectivity index (χ1v) is 7.55. The number of aliphatic hydroxyl groups is 1. The van der Waals surface area contributed by atoms with Crippen molar-refractivity contribution < 1.29 is 5.11 Å². The Kier molecular flexibility index (Phi) is 4.51. The van der Waals surface area contributed by atoms with Crippen LogP contribution < -0.4 is 4.90 Å². The molecule has 1 saturated heterocycles. The summed E-state index contributed by atoms with van der Waals surface area (Å²) in [5, 5.41) is 9.83. The first-order valence-electron chi connectivity index (χ1n) is 7.55. The molecule has 0 bridgehead atoms. The van der Waals surface area contributed by atoms with E-state index in [0.717, 1.165) is 25.1 Å². The van der Waals surface area contributed by atoms with Crippen LogP contribution in [0.1, 0.15) is 58.1 Å². The van der Waals surface area contributed by atoms with E-state index in [9.17, 15) is 5.11 Å². The highest BCUT2D eigenvalue weighted by molar-refractivity contribution is 5.48. The van der Waals surface area contributed by atoms with Crippen LogP contribution in [0, 0.1) is 5.41 Å². The van der Waals surface area contributed by atoms with Crippen molar-refractivity contribution >= 4 is 5.69 Å². The lowest BCUT2D eigenvalue weighted by molar-refractivity contribution is 0.173. The lowest BCUT2D eigenvalue weighted by Gasteiger charge is -2.25. The standard InChI is InChI=1S/C17H27NO/c1-4-16(19)14-6-8-15(9-7-14)18-12-5-10-17(2,3)11-13-18/h6-9,16,19H,4-5,10-13H2,1-3H3/t16-/m1/s1. The summed E-state index contributed by atoms with van der Waals surface area (Å²) in [5.74, 6) is 0. The van der Waals surface area contributed by atoms with Gasteiger partial charge in [-0.05, 0) is 48.8 Å². The van der Waals surface area contributed by atoms with Crippen LogP contribution in [0.25, 0.3) is 0 Å². The number of aliphatic hydroxyl groups excluding tert-OH is 1. The van der Waals surface area contributed by atoms with E-state index in [1.54, 1.807) is 0 Å². The average molecular weight is 261 g/mol. The van der Waals surface area contributed by atoms with Gasteiger partial charge < -0.3 is 10.0 Å². The molecule has 0 radical (unpaired) electrons. The molecule has 0 aliphatic carbocycles. The van der Waals surface area contributed by atoms with Crippen molar-refractivity contribution in [3.63, 3.8) is 0 Å². The third-order valence-electron chi connectivity index (χ3n) is 4.37. The van der Waals surface area contributed by atoms with Gasteiger partial charge in [0.25, 0.3) is 0 Å². The molecule has 1 aliphatic heterocycles. The predicted molar refractivity (Wildman–Crippen MR) is 81.5 cm³/mol. The number of nitrogens with zero attached hydrogens (tertiary/aromatic N) is 1. The minimum absolute atomic E-state index is 0.322. The van der Waals surface area contributed by atoms with E-state index in [0.29, 0.717) is 5.41 Å². The second-order valence-corrected chi connectivity index (χ2v) is 6.52. The van der Waals surface area contributed by atoms with E-state index < -0.39 is 0 Å². The monoisotopic (exact) mass is 261 g/mol. The van der Waals surface area contributed by atoms with Gasteiger partial charge in [-0.1, -0.05) is 32.9 Å². The van der Waals surface area contributed by atoms with Crippen LogP contribution in [-0.4, -0.2) is 18.2 Å². The molecule has 106 valence electrons. The molecule has 0 aromatic heterocycles. The maximum absolute atomic E-state index is 9.83. The van der Waals surface area contributed by atoms with Gasteiger partial charge >= 0.3 is 0 Å². The number of anilines is 1. The first-order chi connectivity index (χ1) is 9.02. The maximum atomic E-state index is 9.83. The van der Waals surface area contributed by atoms with Gasteiger partial charge in [-0.15, -0.1) is 0 Å². The van der Waals surface area contributed by atoms with Gasteiger partial charge in [0.15, 0.2) is 0 Å². The Bertz CT molecular complexity index is 396. The summed E-state index contributed by atoms with van der Waals surface area (Å²) in [5.41, 5.74) is 2.80. The van der Waals surface area contributed by atoms with Crippen LogP contribution in [0.4, 0.5) is 5.69 Å². The van der Waals surface area contributed by atoms with Crippen molar-refractivity contribution in [1.29, 1.82) is 0 Å². The quantitative estimate of drug-likeness (QED) is 0.883. The third-order valence-corrected chi connectivity index (χ3v) is 4.37. The normalized spacial score (nSPS) is 20.9. The second kappa shape index (κ2) is 5.96. The molecule has 0 saturated carbocycles. The van der Waals surface area contributed by atoms with Crippen molar-refractivity contribution in [3.05, 3.63) is 29.8 Å². The Morgan fingerprint density at radius 3 is 2.47 bits per heavy atom. The van der Waals surface area contributed by atoms with Gasteiger partial charge in [0.1, 0.15) is 0 Å². The zero-order valence-corrected chi connectivity index (χ0v) is 12.5. The first kappa shape index (κ1) is 14.4. The largest absolute Gasteiger partial charge is 0.388 e. The molecule has 1 fully saturated rings. The zero-order valence-electron chi connectivity index (χ0n) is 12.5. The Morgan fingerprint density at radius 2 is 1.84 bits per heavy atom. The molecule has 0 spiro atoms. The highest BCUT2D eigenvalue weighted by atomic mass is 16.3. The molecule has 0 unspecified atom stereocenters. The summed E-state index contributed by atoms with van der Waals surface area (Å²) in [6, 6.07) is 8.46. The van der Waals surface area contributed by atoms with Crippen molar-refractivity contribution in [2.75, 3.05) is 18.0 Å². The highest BCUT2D eigenvalue weighted by Crippen LogP contribution is 2.32. The SMILES string of the molecule is CC[C@@H](O)c1ccc(N2CCCC(C)(C)CC2)cc1. The molecule has 2 rings (SSSR count). The lowest BCUT2D eigenvalue weighted by Crippen LogP contribution is -2.24. The minimum Gasteiger partial charge on any atom is -0.388 e. The van der Waals surface area contributed by atoms with E-state index in [1.807, 2.05) is 6.92 Å². The molecular weight excluding hydrogens is 234 g/mol. The van der Waals surface area contributed by atoms with Crippen molar-refractivity contribution in [2.45, 2.75) is 52.6 Å². The topological polar surface area (TPSA) is 23.5 Å². The lowest BCUT2D eigenvalue weighted by atomic mass is 9.85. The summed E-state index contributed by atoms with van der Waals surface area (Å²) < 4.78 is 0. The highest BCUT2D eigenvalue weighted by Gasteiger charge is 2.23.